The first kappa shape index (κ1) is 18.3. The summed E-state index contributed by atoms with van der Waals surface area (Å²) >= 11 is 5.00. The molecule has 0 radical (unpaired) electrons. The second kappa shape index (κ2) is 7.48. The molecule has 0 saturated carbocycles. The number of nitrogens with zero attached hydrogens (tertiary/aromatic N) is 4. The van der Waals surface area contributed by atoms with Crippen LogP contribution in [0.4, 0.5) is 0 Å². The van der Waals surface area contributed by atoms with Crippen molar-refractivity contribution >= 4 is 44.2 Å². The van der Waals surface area contributed by atoms with E-state index in [0.717, 1.165) is 38.5 Å². The minimum atomic E-state index is 0.0106. The van der Waals surface area contributed by atoms with Crippen LogP contribution in [0.1, 0.15) is 24.6 Å². The van der Waals surface area contributed by atoms with Gasteiger partial charge in [-0.2, -0.15) is 0 Å². The van der Waals surface area contributed by atoms with Gasteiger partial charge in [-0.05, 0) is 43.2 Å². The Morgan fingerprint density at radius 1 is 1.22 bits per heavy atom. The predicted octanol–water partition coefficient (Wildman–Crippen LogP) is 4.82. The minimum absolute atomic E-state index is 0.0106. The second-order valence-corrected chi connectivity index (χ2v) is 8.31. The summed E-state index contributed by atoms with van der Waals surface area (Å²) in [6.45, 7) is 4.78. The Hall–Kier alpha value is -2.12. The maximum atomic E-state index is 13.0. The van der Waals surface area contributed by atoms with E-state index in [9.17, 15) is 4.79 Å². The lowest BCUT2D eigenvalue weighted by molar-refractivity contribution is 0.584. The average Bonchev–Trinajstić information content (AvgIpc) is 3.08. The molecule has 4 aromatic rings. The zero-order valence-corrected chi connectivity index (χ0v) is 17.5. The van der Waals surface area contributed by atoms with Gasteiger partial charge < -0.3 is 4.40 Å². The standard InChI is InChI=1S/C20H19BrN4OS/c1-3-8-25-19(26)16-10-14(21)6-7-17(16)23-20(25)27-12-15-11-24-9-4-5-13(2)18(24)22-15/h4-7,9-11H,3,8,12H2,1-2H3. The van der Waals surface area contributed by atoms with Crippen molar-refractivity contribution in [3.8, 4) is 0 Å². The molecule has 3 aromatic heterocycles. The van der Waals surface area contributed by atoms with E-state index in [4.69, 9.17) is 9.97 Å². The fourth-order valence-corrected chi connectivity index (χ4v) is 4.39. The molecule has 1 aromatic carbocycles. The molecule has 0 atom stereocenters. The molecule has 0 aliphatic heterocycles. The fourth-order valence-electron chi connectivity index (χ4n) is 3.12. The molecule has 7 heteroatoms. The summed E-state index contributed by atoms with van der Waals surface area (Å²) in [5.41, 5.74) is 3.82. The summed E-state index contributed by atoms with van der Waals surface area (Å²) in [6, 6.07) is 9.72. The Morgan fingerprint density at radius 3 is 2.85 bits per heavy atom. The highest BCUT2D eigenvalue weighted by Crippen LogP contribution is 2.24. The second-order valence-electron chi connectivity index (χ2n) is 6.46. The lowest BCUT2D eigenvalue weighted by Gasteiger charge is -2.12. The van der Waals surface area contributed by atoms with E-state index >= 15 is 0 Å². The molecule has 0 unspecified atom stereocenters. The van der Waals surface area contributed by atoms with Crippen LogP contribution < -0.4 is 5.56 Å². The van der Waals surface area contributed by atoms with Crippen LogP contribution in [-0.4, -0.2) is 18.9 Å². The first-order valence-corrected chi connectivity index (χ1v) is 10.6. The molecule has 138 valence electrons. The summed E-state index contributed by atoms with van der Waals surface area (Å²) in [7, 11) is 0. The number of hydrogen-bond donors (Lipinski definition) is 0. The van der Waals surface area contributed by atoms with Gasteiger partial charge in [0.1, 0.15) is 5.65 Å². The zero-order chi connectivity index (χ0) is 19.0. The fraction of sp³-hybridized carbons (Fsp3) is 0.250. The van der Waals surface area contributed by atoms with E-state index in [1.54, 1.807) is 16.3 Å². The van der Waals surface area contributed by atoms with Gasteiger partial charge in [-0.3, -0.25) is 9.36 Å². The molecule has 4 rings (SSSR count). The molecule has 0 fully saturated rings. The monoisotopic (exact) mass is 442 g/mol. The van der Waals surface area contributed by atoms with E-state index in [2.05, 4.69) is 35.8 Å². The van der Waals surface area contributed by atoms with Crippen molar-refractivity contribution < 1.29 is 0 Å². The Balaban J connectivity index is 1.71. The third kappa shape index (κ3) is 3.53. The topological polar surface area (TPSA) is 52.2 Å². The van der Waals surface area contributed by atoms with Crippen molar-refractivity contribution in [1.82, 2.24) is 18.9 Å². The Labute approximate surface area is 169 Å². The maximum Gasteiger partial charge on any atom is 0.262 e. The van der Waals surface area contributed by atoms with Crippen LogP contribution in [0.25, 0.3) is 16.6 Å². The van der Waals surface area contributed by atoms with Crippen LogP contribution in [-0.2, 0) is 12.3 Å². The third-order valence-electron chi connectivity index (χ3n) is 4.41. The first-order valence-electron chi connectivity index (χ1n) is 8.83. The third-order valence-corrected chi connectivity index (χ3v) is 5.91. The number of aromatic nitrogens is 4. The number of fused-ring (bicyclic) bond motifs is 2. The molecule has 5 nitrogen and oxygen atoms in total. The number of benzene rings is 1. The molecular weight excluding hydrogens is 424 g/mol. The van der Waals surface area contributed by atoms with Gasteiger partial charge in [-0.15, -0.1) is 0 Å². The zero-order valence-electron chi connectivity index (χ0n) is 15.1. The largest absolute Gasteiger partial charge is 0.307 e. The Morgan fingerprint density at radius 2 is 2.07 bits per heavy atom. The summed E-state index contributed by atoms with van der Waals surface area (Å²) in [5, 5.41) is 1.39. The van der Waals surface area contributed by atoms with Gasteiger partial charge in [-0.1, -0.05) is 40.7 Å². The summed E-state index contributed by atoms with van der Waals surface area (Å²) in [5.74, 6) is 0.666. The average molecular weight is 443 g/mol. The number of imidazole rings is 1. The van der Waals surface area contributed by atoms with Gasteiger partial charge in [0.05, 0.1) is 16.6 Å². The molecule has 0 amide bonds. The van der Waals surface area contributed by atoms with Gasteiger partial charge in [-0.25, -0.2) is 9.97 Å². The van der Waals surface area contributed by atoms with Crippen LogP contribution in [0.3, 0.4) is 0 Å². The van der Waals surface area contributed by atoms with Gasteiger partial charge in [0.15, 0.2) is 5.16 Å². The number of rotatable bonds is 5. The molecule has 0 aliphatic carbocycles. The Bertz CT molecular complexity index is 1200. The summed E-state index contributed by atoms with van der Waals surface area (Å²) < 4.78 is 4.70. The summed E-state index contributed by atoms with van der Waals surface area (Å²) in [6.07, 6.45) is 4.92. The van der Waals surface area contributed by atoms with Crippen molar-refractivity contribution in [2.24, 2.45) is 0 Å². The van der Waals surface area contributed by atoms with Crippen LogP contribution >= 0.6 is 27.7 Å². The summed E-state index contributed by atoms with van der Waals surface area (Å²) in [4.78, 5) is 22.4. The lowest BCUT2D eigenvalue weighted by atomic mass is 10.2. The molecule has 0 N–H and O–H groups in total. The van der Waals surface area contributed by atoms with Crippen LogP contribution in [0.15, 0.2) is 57.1 Å². The normalized spacial score (nSPS) is 11.5. The quantitative estimate of drug-likeness (QED) is 0.328. The van der Waals surface area contributed by atoms with E-state index < -0.39 is 0 Å². The highest BCUT2D eigenvalue weighted by atomic mass is 79.9. The van der Waals surface area contributed by atoms with Crippen molar-refractivity contribution in [3.05, 3.63) is 68.8 Å². The maximum absolute atomic E-state index is 13.0. The number of thioether (sulfide) groups is 1. The van der Waals surface area contributed by atoms with Crippen molar-refractivity contribution in [1.29, 1.82) is 0 Å². The van der Waals surface area contributed by atoms with Crippen LogP contribution in [0, 0.1) is 6.92 Å². The molecule has 0 spiro atoms. The van der Waals surface area contributed by atoms with Crippen LogP contribution in [0.5, 0.6) is 0 Å². The molecule has 0 bridgehead atoms. The number of hydrogen-bond acceptors (Lipinski definition) is 4. The molecule has 0 aliphatic rings. The Kier molecular flexibility index (Phi) is 5.06. The lowest BCUT2D eigenvalue weighted by Crippen LogP contribution is -2.23. The van der Waals surface area contributed by atoms with E-state index in [-0.39, 0.29) is 5.56 Å². The molecular formula is C20H19BrN4OS. The SMILES string of the molecule is CCCn1c(SCc2cn3cccc(C)c3n2)nc2ccc(Br)cc2c1=O. The smallest absolute Gasteiger partial charge is 0.262 e. The van der Waals surface area contributed by atoms with E-state index in [1.165, 1.54) is 0 Å². The van der Waals surface area contributed by atoms with Crippen molar-refractivity contribution in [2.75, 3.05) is 0 Å². The highest BCUT2D eigenvalue weighted by Gasteiger charge is 2.13. The van der Waals surface area contributed by atoms with Crippen LogP contribution in [0.2, 0.25) is 0 Å². The van der Waals surface area contributed by atoms with Gasteiger partial charge in [0, 0.05) is 29.2 Å². The first-order chi connectivity index (χ1) is 13.1. The molecule has 27 heavy (non-hydrogen) atoms. The van der Waals surface area contributed by atoms with E-state index in [0.29, 0.717) is 17.7 Å². The predicted molar refractivity (Wildman–Crippen MR) is 113 cm³/mol. The van der Waals surface area contributed by atoms with Gasteiger partial charge >= 0.3 is 0 Å². The number of halogens is 1. The number of aryl methyl sites for hydroxylation is 1. The highest BCUT2D eigenvalue weighted by molar-refractivity contribution is 9.10. The van der Waals surface area contributed by atoms with Crippen molar-refractivity contribution in [2.45, 2.75) is 37.7 Å². The van der Waals surface area contributed by atoms with E-state index in [1.807, 2.05) is 41.1 Å². The van der Waals surface area contributed by atoms with Crippen molar-refractivity contribution in [3.63, 3.8) is 0 Å². The minimum Gasteiger partial charge on any atom is -0.307 e. The molecule has 0 saturated heterocycles. The molecule has 3 heterocycles. The number of pyridine rings is 1. The van der Waals surface area contributed by atoms with Gasteiger partial charge in [0.2, 0.25) is 0 Å². The van der Waals surface area contributed by atoms with Gasteiger partial charge in [0.25, 0.3) is 5.56 Å².